The molecule has 1 rings (SSSR count). The fourth-order valence-electron chi connectivity index (χ4n) is 1.09. The zero-order chi connectivity index (χ0) is 9.14. The molecule has 1 aromatic carbocycles. The van der Waals surface area contributed by atoms with Crippen molar-refractivity contribution in [3.63, 3.8) is 0 Å². The van der Waals surface area contributed by atoms with E-state index in [2.05, 4.69) is 0 Å². The zero-order valence-corrected chi connectivity index (χ0v) is 6.76. The molecule has 0 radical (unpaired) electrons. The minimum atomic E-state index is -0.533. The number of rotatable bonds is 1. The Labute approximate surface area is 70.4 Å². The highest BCUT2D eigenvalue weighted by Crippen LogP contribution is 2.17. The van der Waals surface area contributed by atoms with E-state index in [0.717, 1.165) is 6.07 Å². The van der Waals surface area contributed by atoms with Gasteiger partial charge in [0.1, 0.15) is 11.9 Å². The van der Waals surface area contributed by atoms with Crippen molar-refractivity contribution in [2.45, 2.75) is 13.3 Å². The minimum absolute atomic E-state index is 0.103. The van der Waals surface area contributed by atoms with Gasteiger partial charge >= 0.3 is 0 Å². The van der Waals surface area contributed by atoms with E-state index in [4.69, 9.17) is 11.0 Å². The van der Waals surface area contributed by atoms with E-state index in [-0.39, 0.29) is 5.56 Å². The molecule has 0 aliphatic heterocycles. The van der Waals surface area contributed by atoms with Gasteiger partial charge in [-0.2, -0.15) is 5.26 Å². The van der Waals surface area contributed by atoms with Crippen molar-refractivity contribution in [1.82, 2.24) is 0 Å². The van der Waals surface area contributed by atoms with Crippen molar-refractivity contribution in [3.8, 4) is 6.07 Å². The average Bonchev–Trinajstić information content (AvgIpc) is 2.03. The summed E-state index contributed by atoms with van der Waals surface area (Å²) in [4.78, 5) is 0. The summed E-state index contributed by atoms with van der Waals surface area (Å²) in [5, 5.41) is 8.59. The van der Waals surface area contributed by atoms with E-state index in [1.54, 1.807) is 6.07 Å². The van der Waals surface area contributed by atoms with Crippen molar-refractivity contribution in [1.29, 1.82) is 5.26 Å². The van der Waals surface area contributed by atoms with Crippen molar-refractivity contribution < 1.29 is 4.39 Å². The minimum Gasteiger partial charge on any atom is -0.399 e. The molecule has 0 spiro atoms. The van der Waals surface area contributed by atoms with Crippen LogP contribution in [0.5, 0.6) is 0 Å². The molecule has 0 aromatic heterocycles. The molecule has 0 aliphatic carbocycles. The molecular formula is C9H9FN2. The van der Waals surface area contributed by atoms with Crippen molar-refractivity contribution in [2.75, 3.05) is 5.73 Å². The summed E-state index contributed by atoms with van der Waals surface area (Å²) in [6.07, 6.45) is 0.616. The van der Waals surface area contributed by atoms with Gasteiger partial charge in [-0.1, -0.05) is 6.92 Å². The molecular weight excluding hydrogens is 155 g/mol. The summed E-state index contributed by atoms with van der Waals surface area (Å²) in [7, 11) is 0. The van der Waals surface area contributed by atoms with Gasteiger partial charge in [0.15, 0.2) is 0 Å². The molecule has 0 fully saturated rings. The molecule has 0 saturated heterocycles. The first kappa shape index (κ1) is 8.54. The van der Waals surface area contributed by atoms with Gasteiger partial charge in [0, 0.05) is 5.69 Å². The van der Waals surface area contributed by atoms with E-state index >= 15 is 0 Å². The average molecular weight is 164 g/mol. The van der Waals surface area contributed by atoms with Crippen LogP contribution in [-0.4, -0.2) is 0 Å². The number of hydrogen-bond acceptors (Lipinski definition) is 2. The number of anilines is 1. The normalized spacial score (nSPS) is 9.42. The molecule has 0 saturated carbocycles. The zero-order valence-electron chi connectivity index (χ0n) is 6.76. The maximum Gasteiger partial charge on any atom is 0.143 e. The van der Waals surface area contributed by atoms with Crippen LogP contribution in [0, 0.1) is 17.1 Å². The van der Waals surface area contributed by atoms with Crippen LogP contribution in [-0.2, 0) is 6.42 Å². The molecule has 2 nitrogen and oxygen atoms in total. The number of nitrogens with zero attached hydrogens (tertiary/aromatic N) is 1. The Kier molecular flexibility index (Phi) is 2.29. The molecule has 0 unspecified atom stereocenters. The van der Waals surface area contributed by atoms with E-state index in [0.29, 0.717) is 17.7 Å². The largest absolute Gasteiger partial charge is 0.399 e. The Hall–Kier alpha value is -1.56. The van der Waals surface area contributed by atoms with E-state index in [1.807, 2.05) is 13.0 Å². The van der Waals surface area contributed by atoms with Crippen LogP contribution in [0.1, 0.15) is 18.1 Å². The Morgan fingerprint density at radius 1 is 1.58 bits per heavy atom. The van der Waals surface area contributed by atoms with Crippen LogP contribution in [0.2, 0.25) is 0 Å². The third kappa shape index (κ3) is 1.37. The SMILES string of the molecule is CCc1cc(N)cc(F)c1C#N. The second kappa shape index (κ2) is 3.22. The lowest BCUT2D eigenvalue weighted by Crippen LogP contribution is -1.96. The lowest BCUT2D eigenvalue weighted by atomic mass is 10.0. The first-order chi connectivity index (χ1) is 5.69. The quantitative estimate of drug-likeness (QED) is 0.644. The maximum absolute atomic E-state index is 13.0. The molecule has 12 heavy (non-hydrogen) atoms. The fourth-order valence-corrected chi connectivity index (χ4v) is 1.09. The molecule has 0 heterocycles. The van der Waals surface area contributed by atoms with Gasteiger partial charge in [0.25, 0.3) is 0 Å². The third-order valence-corrected chi connectivity index (χ3v) is 1.69. The number of benzene rings is 1. The standard InChI is InChI=1S/C9H9FN2/c1-2-6-3-7(12)4-9(10)8(6)5-11/h3-4H,2,12H2,1H3. The number of nitrogens with two attached hydrogens (primary N) is 1. The summed E-state index contributed by atoms with van der Waals surface area (Å²) in [6, 6.07) is 4.60. The van der Waals surface area contributed by atoms with Crippen LogP contribution in [0.4, 0.5) is 10.1 Å². The van der Waals surface area contributed by atoms with Gasteiger partial charge < -0.3 is 5.73 Å². The van der Waals surface area contributed by atoms with Crippen LogP contribution < -0.4 is 5.73 Å². The van der Waals surface area contributed by atoms with Crippen LogP contribution in [0.15, 0.2) is 12.1 Å². The maximum atomic E-state index is 13.0. The predicted octanol–water partition coefficient (Wildman–Crippen LogP) is 1.84. The molecule has 62 valence electrons. The summed E-state index contributed by atoms with van der Waals surface area (Å²) in [6.45, 7) is 1.86. The monoisotopic (exact) mass is 164 g/mol. The van der Waals surface area contributed by atoms with E-state index < -0.39 is 5.82 Å². The molecule has 1 aromatic rings. The fraction of sp³-hybridized carbons (Fsp3) is 0.222. The highest BCUT2D eigenvalue weighted by Gasteiger charge is 2.07. The molecule has 3 heteroatoms. The highest BCUT2D eigenvalue weighted by molar-refractivity contribution is 5.50. The number of aryl methyl sites for hydroxylation is 1. The first-order valence-corrected chi connectivity index (χ1v) is 3.67. The van der Waals surface area contributed by atoms with Crippen LogP contribution >= 0.6 is 0 Å². The third-order valence-electron chi connectivity index (χ3n) is 1.69. The molecule has 0 atom stereocenters. The van der Waals surface area contributed by atoms with Crippen molar-refractivity contribution in [3.05, 3.63) is 29.1 Å². The van der Waals surface area contributed by atoms with E-state index in [1.165, 1.54) is 0 Å². The van der Waals surface area contributed by atoms with Gasteiger partial charge in [-0.15, -0.1) is 0 Å². The lowest BCUT2D eigenvalue weighted by Gasteiger charge is -2.02. The van der Waals surface area contributed by atoms with Crippen LogP contribution in [0.3, 0.4) is 0 Å². The Balaban J connectivity index is 3.36. The summed E-state index contributed by atoms with van der Waals surface area (Å²) >= 11 is 0. The smallest absolute Gasteiger partial charge is 0.143 e. The number of halogens is 1. The summed E-state index contributed by atoms with van der Waals surface area (Å²) in [5.41, 5.74) is 6.54. The van der Waals surface area contributed by atoms with Gasteiger partial charge in [-0.25, -0.2) is 4.39 Å². The molecule has 2 N–H and O–H groups in total. The first-order valence-electron chi connectivity index (χ1n) is 3.67. The Morgan fingerprint density at radius 3 is 2.75 bits per heavy atom. The predicted molar refractivity (Wildman–Crippen MR) is 44.9 cm³/mol. The van der Waals surface area contributed by atoms with Gasteiger partial charge in [0.2, 0.25) is 0 Å². The molecule has 0 bridgehead atoms. The summed E-state index contributed by atoms with van der Waals surface area (Å²) in [5.74, 6) is -0.533. The number of nitrogen functional groups attached to an aromatic ring is 1. The topological polar surface area (TPSA) is 49.8 Å². The summed E-state index contributed by atoms with van der Waals surface area (Å²) < 4.78 is 13.0. The van der Waals surface area contributed by atoms with Gasteiger partial charge in [-0.3, -0.25) is 0 Å². The molecule has 0 aliphatic rings. The lowest BCUT2D eigenvalue weighted by molar-refractivity contribution is 0.622. The molecule has 0 amide bonds. The van der Waals surface area contributed by atoms with Gasteiger partial charge in [-0.05, 0) is 24.1 Å². The van der Waals surface area contributed by atoms with Crippen LogP contribution in [0.25, 0.3) is 0 Å². The second-order valence-electron chi connectivity index (χ2n) is 2.50. The Bertz CT molecular complexity index is 339. The highest BCUT2D eigenvalue weighted by atomic mass is 19.1. The second-order valence-corrected chi connectivity index (χ2v) is 2.50. The van der Waals surface area contributed by atoms with E-state index in [9.17, 15) is 4.39 Å². The number of nitriles is 1. The van der Waals surface area contributed by atoms with Crippen molar-refractivity contribution in [2.24, 2.45) is 0 Å². The number of hydrogen-bond donors (Lipinski definition) is 1. The Morgan fingerprint density at radius 2 is 2.25 bits per heavy atom. The van der Waals surface area contributed by atoms with Crippen molar-refractivity contribution >= 4 is 5.69 Å². The van der Waals surface area contributed by atoms with Gasteiger partial charge in [0.05, 0.1) is 5.56 Å².